The Bertz CT molecular complexity index is 549. The summed E-state index contributed by atoms with van der Waals surface area (Å²) in [5, 5.41) is 25.6. The smallest absolute Gasteiger partial charge is 0.687 e. The predicted octanol–water partition coefficient (Wildman–Crippen LogP) is 10.7. The monoisotopic (exact) mass is 623 g/mol. The van der Waals surface area contributed by atoms with E-state index >= 15 is 0 Å². The first-order valence-electron chi connectivity index (χ1n) is 16.1. The summed E-state index contributed by atoms with van der Waals surface area (Å²) in [6.45, 7) is 16.7. The van der Waals surface area contributed by atoms with Crippen LogP contribution in [0.3, 0.4) is 0 Å². The fourth-order valence-electron chi connectivity index (χ4n) is 5.42. The summed E-state index contributed by atoms with van der Waals surface area (Å²) >= 11 is 3.09. The van der Waals surface area contributed by atoms with Crippen LogP contribution in [0.4, 0.5) is 0 Å². The molecule has 0 saturated carbocycles. The van der Waals surface area contributed by atoms with E-state index in [2.05, 4.69) is 73.7 Å². The average molecular weight is 625 g/mol. The molecule has 3 saturated heterocycles. The van der Waals surface area contributed by atoms with Crippen molar-refractivity contribution in [2.24, 2.45) is 17.8 Å². The summed E-state index contributed by atoms with van der Waals surface area (Å²) in [6, 6.07) is 0. The molecule has 4 aliphatic rings. The van der Waals surface area contributed by atoms with E-state index in [0.717, 1.165) is 63.6 Å². The van der Waals surface area contributed by atoms with Gasteiger partial charge in [0, 0.05) is 0 Å². The molecule has 0 radical (unpaired) electrons. The molecule has 0 aliphatic carbocycles. The van der Waals surface area contributed by atoms with E-state index in [9.17, 15) is 0 Å². The van der Waals surface area contributed by atoms with E-state index in [4.69, 9.17) is 5.26 Å². The third-order valence-electron chi connectivity index (χ3n) is 7.66. The van der Waals surface area contributed by atoms with Crippen molar-refractivity contribution in [1.82, 2.24) is 0 Å². The first-order chi connectivity index (χ1) is 19.1. The molecule has 228 valence electrons. The molecule has 4 aliphatic heterocycles. The number of thiocyanates is 1. The summed E-state index contributed by atoms with van der Waals surface area (Å²) in [7, 11) is 0. The normalized spacial score (nSPS) is 19.1. The van der Waals surface area contributed by atoms with Gasteiger partial charge in [0.1, 0.15) is 5.40 Å². The summed E-state index contributed by atoms with van der Waals surface area (Å²) < 4.78 is 0. The zero-order chi connectivity index (χ0) is 28.8. The van der Waals surface area contributed by atoms with Crippen LogP contribution in [0.1, 0.15) is 118 Å². The van der Waals surface area contributed by atoms with Crippen molar-refractivity contribution in [1.29, 1.82) is 5.26 Å². The van der Waals surface area contributed by atoms with Gasteiger partial charge in [0.05, 0.1) is 0 Å². The third kappa shape index (κ3) is 26.5. The van der Waals surface area contributed by atoms with Gasteiger partial charge in [0.25, 0.3) is 0 Å². The first kappa shape index (κ1) is 41.8. The molecule has 0 amide bonds. The van der Waals surface area contributed by atoms with Crippen LogP contribution in [0, 0.1) is 28.4 Å². The number of thiol groups is 1. The van der Waals surface area contributed by atoms with Crippen LogP contribution in [0.5, 0.6) is 0 Å². The van der Waals surface area contributed by atoms with Crippen LogP contribution in [0.15, 0.2) is 23.9 Å². The van der Waals surface area contributed by atoms with Crippen molar-refractivity contribution in [3.63, 3.8) is 0 Å². The molecule has 0 N–H and O–H groups in total. The van der Waals surface area contributed by atoms with Crippen LogP contribution in [0.2, 0.25) is 0 Å². The van der Waals surface area contributed by atoms with Gasteiger partial charge in [-0.15, -0.1) is 45.8 Å². The van der Waals surface area contributed by atoms with E-state index in [1.165, 1.54) is 101 Å². The number of allylic oxidation sites excluding steroid dienone is 2. The molecule has 7 heteroatoms. The second-order valence-electron chi connectivity index (χ2n) is 11.0. The molecule has 5 nitrogen and oxygen atoms in total. The zero-order valence-corrected chi connectivity index (χ0v) is 30.6. The van der Waals surface area contributed by atoms with Gasteiger partial charge in [-0.25, -0.2) is 0 Å². The number of hydrogen-bond donors (Lipinski definition) is 1. The minimum Gasteiger partial charge on any atom is -0.687 e. The Balaban J connectivity index is 0. The van der Waals surface area contributed by atoms with Crippen LogP contribution in [0.25, 0.3) is 21.3 Å². The molecule has 0 bridgehead atoms. The number of hydrogen-bond acceptors (Lipinski definition) is 2. The maximum absolute atomic E-state index is 7.18. The quantitative estimate of drug-likeness (QED) is 0.163. The molecule has 0 unspecified atom stereocenters. The number of nitrogens with zero attached hydrogens (tertiary/aromatic N) is 5. The summed E-state index contributed by atoms with van der Waals surface area (Å²) in [6.07, 6.45) is 25.1. The van der Waals surface area contributed by atoms with E-state index in [1.54, 1.807) is 0 Å². The van der Waals surface area contributed by atoms with Crippen molar-refractivity contribution in [3.8, 4) is 5.40 Å². The van der Waals surface area contributed by atoms with Gasteiger partial charge in [0.15, 0.2) is 0 Å². The van der Waals surface area contributed by atoms with E-state index in [-0.39, 0.29) is 19.5 Å². The Morgan fingerprint density at radius 1 is 0.700 bits per heavy atom. The fourth-order valence-corrected chi connectivity index (χ4v) is 5.42. The number of piperidine rings is 3. The predicted molar refractivity (Wildman–Crippen MR) is 177 cm³/mol. The molecule has 0 aromatic rings. The minimum atomic E-state index is 0. The van der Waals surface area contributed by atoms with Gasteiger partial charge in [-0.05, 0) is 24.2 Å². The molecule has 4 heterocycles. The van der Waals surface area contributed by atoms with Gasteiger partial charge in [-0.3, -0.25) is 0 Å². The van der Waals surface area contributed by atoms with Gasteiger partial charge in [-0.1, -0.05) is 142 Å². The Hall–Kier alpha value is -0.377. The van der Waals surface area contributed by atoms with Gasteiger partial charge >= 0.3 is 19.5 Å². The standard InChI is InChI=1S/3C8H16N.C8H12N.CHNS.Zn/c4*1-2-3-8-4-6-9-7-5-8;2-1-3;/h3*8H,2-7H2,1H3;4-6H,2-3,7H2,1H3;3H;/q4*-1;;+2. The second kappa shape index (κ2) is 33.1. The molecule has 3 fully saturated rings. The molecule has 0 aromatic heterocycles. The van der Waals surface area contributed by atoms with Crippen molar-refractivity contribution in [3.05, 3.63) is 45.2 Å². The van der Waals surface area contributed by atoms with Crippen molar-refractivity contribution < 1.29 is 19.5 Å². The van der Waals surface area contributed by atoms with E-state index in [1.807, 2.05) is 6.20 Å². The zero-order valence-electron chi connectivity index (χ0n) is 26.7. The van der Waals surface area contributed by atoms with Crippen LogP contribution in [-0.2, 0) is 19.5 Å². The molecule has 4 rings (SSSR count). The third-order valence-corrected chi connectivity index (χ3v) is 7.66. The van der Waals surface area contributed by atoms with Crippen molar-refractivity contribution in [2.45, 2.75) is 118 Å². The minimum absolute atomic E-state index is 0. The topological polar surface area (TPSA) is 80.2 Å². The first-order valence-corrected chi connectivity index (χ1v) is 16.5. The van der Waals surface area contributed by atoms with Gasteiger partial charge < -0.3 is 21.3 Å². The molecule has 40 heavy (non-hydrogen) atoms. The van der Waals surface area contributed by atoms with E-state index < -0.39 is 0 Å². The van der Waals surface area contributed by atoms with Gasteiger partial charge in [-0.2, -0.15) is 11.5 Å². The largest absolute Gasteiger partial charge is 2.00 e. The summed E-state index contributed by atoms with van der Waals surface area (Å²) in [5.74, 6) is 3.02. The maximum atomic E-state index is 7.18. The summed E-state index contributed by atoms with van der Waals surface area (Å²) in [4.78, 5) is 0. The van der Waals surface area contributed by atoms with E-state index in [0.29, 0.717) is 0 Å². The molecular weight excluding hydrogens is 564 g/mol. The second-order valence-corrected chi connectivity index (χ2v) is 11.2. The SMILES string of the molecule is CCCC1=CC[N-]C=C1.CCCC1CC[N-]CC1.CCCC1CC[N-]CC1.CCCC1CC[N-]CC1.N#CS.[Zn+2]. The maximum Gasteiger partial charge on any atom is 2.00 e. The summed E-state index contributed by atoms with van der Waals surface area (Å²) in [5.41, 5.74) is 1.44. The van der Waals surface area contributed by atoms with Crippen LogP contribution < -0.4 is 0 Å². The van der Waals surface area contributed by atoms with Crippen molar-refractivity contribution in [2.75, 3.05) is 45.8 Å². The van der Waals surface area contributed by atoms with Crippen molar-refractivity contribution >= 4 is 12.6 Å². The van der Waals surface area contributed by atoms with Crippen LogP contribution in [-0.4, -0.2) is 45.8 Å². The Morgan fingerprint density at radius 2 is 1.05 bits per heavy atom. The molecule has 0 spiro atoms. The Morgan fingerprint density at radius 3 is 1.30 bits per heavy atom. The number of nitriles is 1. The van der Waals surface area contributed by atoms with Gasteiger partial charge in [0.2, 0.25) is 0 Å². The molecule has 0 aromatic carbocycles. The number of rotatable bonds is 8. The molecule has 0 atom stereocenters. The Kier molecular flexibility index (Phi) is 34.6. The molecular formula is C33H61N5SZn-2. The Labute approximate surface area is 268 Å². The average Bonchev–Trinajstić information content (AvgIpc) is 2.98. The fraction of sp³-hybridized carbons (Fsp3) is 0.848. The van der Waals surface area contributed by atoms with Crippen LogP contribution >= 0.6 is 12.6 Å².